The molecule has 0 amide bonds. The summed E-state index contributed by atoms with van der Waals surface area (Å²) in [6.45, 7) is 8.53. The maximum Gasteiger partial charge on any atom is 0.191 e. The molecule has 1 aromatic rings. The summed E-state index contributed by atoms with van der Waals surface area (Å²) in [5.74, 6) is 1.46. The Hall–Kier alpha value is -0.980. The number of nitrogens with zero attached hydrogens (tertiary/aromatic N) is 2. The molecule has 0 unspecified atom stereocenters. The minimum atomic E-state index is 0. The molecule has 0 bridgehead atoms. The van der Waals surface area contributed by atoms with Crippen LogP contribution in [0.3, 0.4) is 0 Å². The van der Waals surface area contributed by atoms with Crippen molar-refractivity contribution >= 4 is 29.9 Å². The van der Waals surface area contributed by atoms with Gasteiger partial charge in [0, 0.05) is 13.1 Å². The third-order valence-corrected chi connectivity index (χ3v) is 2.86. The number of hydrogen-bond donors (Lipinski definition) is 1. The Morgan fingerprint density at radius 1 is 1.26 bits per heavy atom. The van der Waals surface area contributed by atoms with E-state index in [9.17, 15) is 0 Å². The van der Waals surface area contributed by atoms with Crippen molar-refractivity contribution < 1.29 is 4.74 Å². The van der Waals surface area contributed by atoms with Crippen LogP contribution in [0.5, 0.6) is 5.75 Å². The molecular weight excluding hydrogens is 353 g/mol. The molecular formula is C14H24IN3O. The van der Waals surface area contributed by atoms with Crippen molar-refractivity contribution in [3.63, 3.8) is 0 Å². The summed E-state index contributed by atoms with van der Waals surface area (Å²) < 4.78 is 5.24. The lowest BCUT2D eigenvalue weighted by Gasteiger charge is -2.19. The highest BCUT2D eigenvalue weighted by molar-refractivity contribution is 14.0. The van der Waals surface area contributed by atoms with Gasteiger partial charge in [0.15, 0.2) is 5.96 Å². The fourth-order valence-corrected chi connectivity index (χ4v) is 1.85. The summed E-state index contributed by atoms with van der Waals surface area (Å²) >= 11 is 0. The third-order valence-electron chi connectivity index (χ3n) is 2.86. The lowest BCUT2D eigenvalue weighted by atomic mass is 10.1. The van der Waals surface area contributed by atoms with E-state index in [1.165, 1.54) is 5.56 Å². The molecule has 0 aliphatic carbocycles. The van der Waals surface area contributed by atoms with Crippen molar-refractivity contribution in [2.75, 3.05) is 20.2 Å². The molecule has 0 spiro atoms. The average molecular weight is 377 g/mol. The Labute approximate surface area is 133 Å². The standard InChI is InChI=1S/C14H23N3O.HI/c1-5-17(6-2)14(15)16-10-12-7-11(3)8-13(9-12)18-4;/h7-9H,5-6,10H2,1-4H3,(H2,15,16);1H. The second-order valence-electron chi connectivity index (χ2n) is 4.21. The van der Waals surface area contributed by atoms with Crippen molar-refractivity contribution in [2.45, 2.75) is 27.3 Å². The van der Waals surface area contributed by atoms with Crippen molar-refractivity contribution in [3.8, 4) is 5.75 Å². The predicted molar refractivity (Wildman–Crippen MR) is 91.4 cm³/mol. The molecule has 108 valence electrons. The van der Waals surface area contributed by atoms with Gasteiger partial charge in [0.25, 0.3) is 0 Å². The number of aryl methyl sites for hydroxylation is 1. The molecule has 0 aliphatic rings. The second kappa shape index (κ2) is 9.01. The van der Waals surface area contributed by atoms with E-state index in [0.717, 1.165) is 24.4 Å². The fourth-order valence-electron chi connectivity index (χ4n) is 1.85. The van der Waals surface area contributed by atoms with Gasteiger partial charge >= 0.3 is 0 Å². The lowest BCUT2D eigenvalue weighted by molar-refractivity contribution is 0.414. The van der Waals surface area contributed by atoms with E-state index in [1.54, 1.807) is 7.11 Å². The summed E-state index contributed by atoms with van der Waals surface area (Å²) in [6.07, 6.45) is 0. The number of methoxy groups -OCH3 is 1. The summed E-state index contributed by atoms with van der Waals surface area (Å²) in [5, 5.41) is 0. The molecule has 0 aromatic heterocycles. The molecule has 0 saturated carbocycles. The van der Waals surface area contributed by atoms with Crippen LogP contribution in [0.2, 0.25) is 0 Å². The van der Waals surface area contributed by atoms with Gasteiger partial charge in [-0.1, -0.05) is 6.07 Å². The first-order chi connectivity index (χ1) is 8.60. The Morgan fingerprint density at radius 2 is 1.89 bits per heavy atom. The van der Waals surface area contributed by atoms with Crippen LogP contribution in [0.15, 0.2) is 23.2 Å². The summed E-state index contributed by atoms with van der Waals surface area (Å²) in [6, 6.07) is 6.09. The van der Waals surface area contributed by atoms with Crippen molar-refractivity contribution in [2.24, 2.45) is 10.7 Å². The van der Waals surface area contributed by atoms with Gasteiger partial charge in [0.2, 0.25) is 0 Å². The van der Waals surface area contributed by atoms with Crippen LogP contribution in [0.4, 0.5) is 0 Å². The topological polar surface area (TPSA) is 50.8 Å². The van der Waals surface area contributed by atoms with Crippen molar-refractivity contribution in [1.82, 2.24) is 4.90 Å². The Morgan fingerprint density at radius 3 is 2.42 bits per heavy atom. The van der Waals surface area contributed by atoms with Gasteiger partial charge in [0.05, 0.1) is 13.7 Å². The first kappa shape index (κ1) is 18.0. The highest BCUT2D eigenvalue weighted by Crippen LogP contribution is 2.17. The summed E-state index contributed by atoms with van der Waals surface area (Å²) in [4.78, 5) is 6.45. The van der Waals surface area contributed by atoms with E-state index in [4.69, 9.17) is 10.5 Å². The average Bonchev–Trinajstić information content (AvgIpc) is 2.37. The summed E-state index contributed by atoms with van der Waals surface area (Å²) in [7, 11) is 1.67. The maximum atomic E-state index is 5.94. The van der Waals surface area contributed by atoms with Crippen LogP contribution in [0.1, 0.15) is 25.0 Å². The van der Waals surface area contributed by atoms with E-state index in [0.29, 0.717) is 12.5 Å². The maximum absolute atomic E-state index is 5.94. The SMILES string of the molecule is CCN(CC)C(N)=NCc1cc(C)cc(OC)c1.I. The number of halogens is 1. The molecule has 2 N–H and O–H groups in total. The molecule has 0 radical (unpaired) electrons. The van der Waals surface area contributed by atoms with Crippen molar-refractivity contribution in [1.29, 1.82) is 0 Å². The van der Waals surface area contributed by atoms with E-state index in [2.05, 4.69) is 24.9 Å². The smallest absolute Gasteiger partial charge is 0.191 e. The quantitative estimate of drug-likeness (QED) is 0.488. The number of nitrogens with two attached hydrogens (primary N) is 1. The summed E-state index contributed by atoms with van der Waals surface area (Å²) in [5.41, 5.74) is 8.22. The van der Waals surface area contributed by atoms with Crippen LogP contribution in [0.25, 0.3) is 0 Å². The fraction of sp³-hybridized carbons (Fsp3) is 0.500. The van der Waals surface area contributed by atoms with E-state index < -0.39 is 0 Å². The third kappa shape index (κ3) is 5.67. The minimum absolute atomic E-state index is 0. The van der Waals surface area contributed by atoms with Gasteiger partial charge < -0.3 is 15.4 Å². The minimum Gasteiger partial charge on any atom is -0.497 e. The number of guanidine groups is 1. The molecule has 0 saturated heterocycles. The van der Waals surface area contributed by atoms with Crippen LogP contribution < -0.4 is 10.5 Å². The first-order valence-electron chi connectivity index (χ1n) is 6.30. The molecule has 5 heteroatoms. The molecule has 0 aliphatic heterocycles. The Balaban J connectivity index is 0.00000324. The number of benzene rings is 1. The zero-order chi connectivity index (χ0) is 13.5. The number of ether oxygens (including phenoxy) is 1. The van der Waals surface area contributed by atoms with Crippen LogP contribution in [-0.2, 0) is 6.54 Å². The molecule has 4 nitrogen and oxygen atoms in total. The number of hydrogen-bond acceptors (Lipinski definition) is 2. The van der Waals surface area contributed by atoms with Gasteiger partial charge in [-0.2, -0.15) is 0 Å². The molecule has 0 atom stereocenters. The highest BCUT2D eigenvalue weighted by atomic mass is 127. The van der Waals surface area contributed by atoms with Crippen LogP contribution >= 0.6 is 24.0 Å². The zero-order valence-corrected chi connectivity index (χ0v) is 14.5. The molecule has 1 rings (SSSR count). The largest absolute Gasteiger partial charge is 0.497 e. The molecule has 1 aromatic carbocycles. The Kier molecular flexibility index (Phi) is 8.54. The van der Waals surface area contributed by atoms with Crippen LogP contribution in [0, 0.1) is 6.92 Å². The van der Waals surface area contributed by atoms with Gasteiger partial charge in [-0.3, -0.25) is 0 Å². The van der Waals surface area contributed by atoms with E-state index in [-0.39, 0.29) is 24.0 Å². The van der Waals surface area contributed by atoms with Crippen LogP contribution in [-0.4, -0.2) is 31.1 Å². The second-order valence-corrected chi connectivity index (χ2v) is 4.21. The highest BCUT2D eigenvalue weighted by Gasteiger charge is 2.03. The van der Waals surface area contributed by atoms with E-state index in [1.807, 2.05) is 24.0 Å². The lowest BCUT2D eigenvalue weighted by Crippen LogP contribution is -2.37. The molecule has 0 heterocycles. The normalized spacial score (nSPS) is 10.8. The van der Waals surface area contributed by atoms with Gasteiger partial charge in [-0.25, -0.2) is 4.99 Å². The number of rotatable bonds is 5. The Bertz CT molecular complexity index is 417. The number of aliphatic imine (C=N–C) groups is 1. The van der Waals surface area contributed by atoms with E-state index >= 15 is 0 Å². The van der Waals surface area contributed by atoms with Gasteiger partial charge in [0.1, 0.15) is 5.75 Å². The predicted octanol–water partition coefficient (Wildman–Crippen LogP) is 2.78. The van der Waals surface area contributed by atoms with Gasteiger partial charge in [-0.05, 0) is 44.0 Å². The molecule has 19 heavy (non-hydrogen) atoms. The first-order valence-corrected chi connectivity index (χ1v) is 6.30. The van der Waals surface area contributed by atoms with Gasteiger partial charge in [-0.15, -0.1) is 24.0 Å². The zero-order valence-electron chi connectivity index (χ0n) is 12.1. The monoisotopic (exact) mass is 377 g/mol. The molecule has 0 fully saturated rings. The van der Waals surface area contributed by atoms with Crippen molar-refractivity contribution in [3.05, 3.63) is 29.3 Å².